The van der Waals surface area contributed by atoms with Crippen molar-refractivity contribution in [3.63, 3.8) is 0 Å². The van der Waals surface area contributed by atoms with Crippen LogP contribution in [-0.2, 0) is 10.2 Å². The summed E-state index contributed by atoms with van der Waals surface area (Å²) in [5, 5.41) is 0. The van der Waals surface area contributed by atoms with E-state index in [2.05, 4.69) is 35.8 Å². The lowest BCUT2D eigenvalue weighted by Gasteiger charge is -2.45. The first-order valence-electron chi connectivity index (χ1n) is 8.12. The average molecular weight is 286 g/mol. The Bertz CT molecular complexity index is 489. The van der Waals surface area contributed by atoms with Crippen molar-refractivity contribution in [3.05, 3.63) is 35.9 Å². The van der Waals surface area contributed by atoms with E-state index in [-0.39, 0.29) is 0 Å². The first-order chi connectivity index (χ1) is 10.1. The van der Waals surface area contributed by atoms with E-state index >= 15 is 0 Å². The van der Waals surface area contributed by atoms with E-state index in [1.165, 1.54) is 19.4 Å². The van der Waals surface area contributed by atoms with Crippen molar-refractivity contribution >= 4 is 6.29 Å². The van der Waals surface area contributed by atoms with Crippen molar-refractivity contribution in [1.82, 2.24) is 9.80 Å². The largest absolute Gasteiger partial charge is 0.302 e. The van der Waals surface area contributed by atoms with Gasteiger partial charge in [0.2, 0.25) is 0 Å². The third-order valence-electron chi connectivity index (χ3n) is 5.29. The van der Waals surface area contributed by atoms with Crippen molar-refractivity contribution in [2.45, 2.75) is 44.2 Å². The van der Waals surface area contributed by atoms with Gasteiger partial charge < -0.3 is 4.79 Å². The van der Waals surface area contributed by atoms with E-state index in [0.29, 0.717) is 12.1 Å². The molecule has 21 heavy (non-hydrogen) atoms. The highest BCUT2D eigenvalue weighted by Crippen LogP contribution is 2.29. The van der Waals surface area contributed by atoms with Crippen LogP contribution in [0.2, 0.25) is 0 Å². The molecule has 2 aliphatic heterocycles. The lowest BCUT2D eigenvalue weighted by atomic mass is 9.82. The average Bonchev–Trinajstić information content (AvgIpc) is 2.95. The standard InChI is InChI=1S/C18H26N2O/c1-15-11-19-10-6-9-17(19)12-20(15)13-18(2,14-21)16-7-4-3-5-8-16/h3-5,7-8,14-15,17H,6,9-13H2,1-2H3. The Morgan fingerprint density at radius 2 is 2.05 bits per heavy atom. The van der Waals surface area contributed by atoms with Crippen molar-refractivity contribution in [2.75, 3.05) is 26.2 Å². The minimum absolute atomic E-state index is 0.406. The highest BCUT2D eigenvalue weighted by atomic mass is 16.1. The minimum Gasteiger partial charge on any atom is -0.302 e. The van der Waals surface area contributed by atoms with Gasteiger partial charge in [0.1, 0.15) is 6.29 Å². The van der Waals surface area contributed by atoms with Gasteiger partial charge in [0.15, 0.2) is 0 Å². The molecule has 1 aromatic rings. The van der Waals surface area contributed by atoms with Gasteiger partial charge in [-0.15, -0.1) is 0 Å². The second-order valence-electron chi connectivity index (χ2n) is 6.97. The Kier molecular flexibility index (Phi) is 4.14. The topological polar surface area (TPSA) is 23.6 Å². The van der Waals surface area contributed by atoms with Gasteiger partial charge in [0, 0.05) is 31.7 Å². The highest BCUT2D eigenvalue weighted by molar-refractivity contribution is 5.68. The molecule has 0 saturated carbocycles. The number of fused-ring (bicyclic) bond motifs is 1. The molecule has 3 unspecified atom stereocenters. The minimum atomic E-state index is -0.406. The van der Waals surface area contributed by atoms with Gasteiger partial charge in [-0.1, -0.05) is 30.3 Å². The van der Waals surface area contributed by atoms with Gasteiger partial charge in [-0.2, -0.15) is 0 Å². The number of nitrogens with zero attached hydrogens (tertiary/aromatic N) is 2. The van der Waals surface area contributed by atoms with Crippen LogP contribution in [0, 0.1) is 0 Å². The van der Waals surface area contributed by atoms with Crippen LogP contribution in [0.1, 0.15) is 32.3 Å². The van der Waals surface area contributed by atoms with Crippen LogP contribution in [0.25, 0.3) is 0 Å². The zero-order chi connectivity index (χ0) is 14.9. The Morgan fingerprint density at radius 1 is 1.29 bits per heavy atom. The first-order valence-corrected chi connectivity index (χ1v) is 8.12. The third kappa shape index (κ3) is 2.90. The molecular weight excluding hydrogens is 260 g/mol. The predicted octanol–water partition coefficient (Wildman–Crippen LogP) is 2.31. The number of hydrogen-bond acceptors (Lipinski definition) is 3. The molecule has 1 aromatic carbocycles. The summed E-state index contributed by atoms with van der Waals surface area (Å²) in [4.78, 5) is 16.9. The SMILES string of the molecule is CC1CN2CCCC2CN1CC(C)(C=O)c1ccccc1. The number of piperazine rings is 1. The predicted molar refractivity (Wildman–Crippen MR) is 85.5 cm³/mol. The molecule has 2 saturated heterocycles. The number of carbonyl (C=O) groups excluding carboxylic acids is 1. The van der Waals surface area contributed by atoms with E-state index in [0.717, 1.165) is 31.5 Å². The van der Waals surface area contributed by atoms with Crippen molar-refractivity contribution in [1.29, 1.82) is 0 Å². The molecule has 0 aliphatic carbocycles. The molecule has 114 valence electrons. The van der Waals surface area contributed by atoms with Gasteiger partial charge >= 0.3 is 0 Å². The fraction of sp³-hybridized carbons (Fsp3) is 0.611. The van der Waals surface area contributed by atoms with Crippen molar-refractivity contribution < 1.29 is 4.79 Å². The Balaban J connectivity index is 1.76. The fourth-order valence-corrected chi connectivity index (χ4v) is 3.91. The summed E-state index contributed by atoms with van der Waals surface area (Å²) >= 11 is 0. The molecule has 0 aromatic heterocycles. The van der Waals surface area contributed by atoms with Gasteiger partial charge in [0.05, 0.1) is 5.41 Å². The smallest absolute Gasteiger partial charge is 0.131 e. The zero-order valence-electron chi connectivity index (χ0n) is 13.2. The molecular formula is C18H26N2O. The summed E-state index contributed by atoms with van der Waals surface area (Å²) in [6.45, 7) is 8.71. The molecule has 0 amide bonds. The highest BCUT2D eigenvalue weighted by Gasteiger charge is 2.38. The number of rotatable bonds is 4. The summed E-state index contributed by atoms with van der Waals surface area (Å²) in [5.41, 5.74) is 0.720. The molecule has 2 aliphatic rings. The molecule has 0 spiro atoms. The Hall–Kier alpha value is -1.19. The van der Waals surface area contributed by atoms with Crippen LogP contribution < -0.4 is 0 Å². The number of aldehydes is 1. The summed E-state index contributed by atoms with van der Waals surface area (Å²) in [6.07, 6.45) is 3.78. The molecule has 3 atom stereocenters. The summed E-state index contributed by atoms with van der Waals surface area (Å²) in [5.74, 6) is 0. The maximum absolute atomic E-state index is 11.8. The maximum Gasteiger partial charge on any atom is 0.131 e. The van der Waals surface area contributed by atoms with Crippen LogP contribution in [0.4, 0.5) is 0 Å². The van der Waals surface area contributed by atoms with Crippen LogP contribution in [0.15, 0.2) is 30.3 Å². The van der Waals surface area contributed by atoms with Crippen LogP contribution in [-0.4, -0.2) is 54.3 Å². The monoisotopic (exact) mass is 286 g/mol. The number of hydrogen-bond donors (Lipinski definition) is 0. The van der Waals surface area contributed by atoms with E-state index in [9.17, 15) is 4.79 Å². The van der Waals surface area contributed by atoms with E-state index in [1.54, 1.807) is 0 Å². The van der Waals surface area contributed by atoms with E-state index in [1.807, 2.05) is 18.2 Å². The fourth-order valence-electron chi connectivity index (χ4n) is 3.91. The summed E-state index contributed by atoms with van der Waals surface area (Å²) < 4.78 is 0. The van der Waals surface area contributed by atoms with Gasteiger partial charge in [-0.3, -0.25) is 9.80 Å². The summed E-state index contributed by atoms with van der Waals surface area (Å²) in [6, 6.07) is 11.4. The number of benzene rings is 1. The van der Waals surface area contributed by atoms with E-state index in [4.69, 9.17) is 0 Å². The van der Waals surface area contributed by atoms with E-state index < -0.39 is 5.41 Å². The lowest BCUT2D eigenvalue weighted by Crippen LogP contribution is -2.57. The normalized spacial score (nSPS) is 29.8. The van der Waals surface area contributed by atoms with Crippen LogP contribution >= 0.6 is 0 Å². The molecule has 2 fully saturated rings. The molecule has 3 nitrogen and oxygen atoms in total. The molecule has 0 radical (unpaired) electrons. The molecule has 2 heterocycles. The second-order valence-corrected chi connectivity index (χ2v) is 6.97. The molecule has 3 rings (SSSR count). The number of carbonyl (C=O) groups is 1. The zero-order valence-corrected chi connectivity index (χ0v) is 13.2. The van der Waals surface area contributed by atoms with Gasteiger partial charge in [-0.25, -0.2) is 0 Å². The van der Waals surface area contributed by atoms with Gasteiger partial charge in [0.25, 0.3) is 0 Å². The Labute approximate surface area is 127 Å². The van der Waals surface area contributed by atoms with Crippen molar-refractivity contribution in [3.8, 4) is 0 Å². The summed E-state index contributed by atoms with van der Waals surface area (Å²) in [7, 11) is 0. The molecule has 0 N–H and O–H groups in total. The molecule has 0 bridgehead atoms. The van der Waals surface area contributed by atoms with Crippen molar-refractivity contribution in [2.24, 2.45) is 0 Å². The first kappa shape index (κ1) is 14.7. The van der Waals surface area contributed by atoms with Crippen LogP contribution in [0.5, 0.6) is 0 Å². The lowest BCUT2D eigenvalue weighted by molar-refractivity contribution is -0.113. The molecule has 3 heteroatoms. The maximum atomic E-state index is 11.8. The third-order valence-corrected chi connectivity index (χ3v) is 5.29. The van der Waals surface area contributed by atoms with Crippen LogP contribution in [0.3, 0.4) is 0 Å². The quantitative estimate of drug-likeness (QED) is 0.794. The Morgan fingerprint density at radius 3 is 2.76 bits per heavy atom. The van der Waals surface area contributed by atoms with Gasteiger partial charge in [-0.05, 0) is 38.8 Å². The second kappa shape index (κ2) is 5.90.